The maximum atomic E-state index is 12.5. The van der Waals surface area contributed by atoms with Crippen LogP contribution in [0.15, 0.2) is 29.2 Å². The smallest absolute Gasteiger partial charge is 0.338 e. The molecule has 26 heavy (non-hydrogen) atoms. The van der Waals surface area contributed by atoms with Gasteiger partial charge in [0.1, 0.15) is 0 Å². The van der Waals surface area contributed by atoms with Crippen LogP contribution in [-0.4, -0.2) is 50.8 Å². The summed E-state index contributed by atoms with van der Waals surface area (Å²) in [5.74, 6) is -0.665. The molecule has 8 heteroatoms. The Balaban J connectivity index is 2.73. The molecule has 0 radical (unpaired) electrons. The van der Waals surface area contributed by atoms with Gasteiger partial charge in [-0.25, -0.2) is 13.2 Å². The highest BCUT2D eigenvalue weighted by Crippen LogP contribution is 2.18. The van der Waals surface area contributed by atoms with Crippen LogP contribution in [0, 0.1) is 5.92 Å². The summed E-state index contributed by atoms with van der Waals surface area (Å²) in [6, 6.07) is 5.38. The minimum Gasteiger partial charge on any atom is -0.452 e. The molecule has 0 saturated heterocycles. The van der Waals surface area contributed by atoms with E-state index in [2.05, 4.69) is 5.32 Å². The van der Waals surface area contributed by atoms with E-state index in [1.807, 2.05) is 13.8 Å². The fourth-order valence-electron chi connectivity index (χ4n) is 1.99. The van der Waals surface area contributed by atoms with E-state index in [9.17, 15) is 18.0 Å². The predicted octanol–water partition coefficient (Wildman–Crippen LogP) is 2.03. The van der Waals surface area contributed by atoms with Crippen LogP contribution in [-0.2, 0) is 19.6 Å². The first-order valence-corrected chi connectivity index (χ1v) is 10.0. The van der Waals surface area contributed by atoms with E-state index < -0.39 is 22.6 Å². The standard InChI is InChI=1S/C18H28N2O5S/c1-13(2)9-10-19-17(21)12-25-18(22)15-7-6-8-16(11-15)26(23,24)20(5)14(3)4/h6-8,11,13-14H,9-10,12H2,1-5H3,(H,19,21). The highest BCUT2D eigenvalue weighted by atomic mass is 32.2. The molecular formula is C18H28N2O5S. The van der Waals surface area contributed by atoms with Crippen molar-refractivity contribution in [3.05, 3.63) is 29.8 Å². The van der Waals surface area contributed by atoms with E-state index in [0.717, 1.165) is 6.42 Å². The molecule has 1 aromatic rings. The van der Waals surface area contributed by atoms with Crippen molar-refractivity contribution in [1.82, 2.24) is 9.62 Å². The Kier molecular flexibility index (Phi) is 8.23. The van der Waals surface area contributed by atoms with Crippen LogP contribution >= 0.6 is 0 Å². The van der Waals surface area contributed by atoms with Crippen LogP contribution in [0.4, 0.5) is 0 Å². The minimum atomic E-state index is -3.70. The SMILES string of the molecule is CC(C)CCNC(=O)COC(=O)c1cccc(S(=O)(=O)N(C)C(C)C)c1. The molecule has 1 rings (SSSR count). The molecule has 0 bridgehead atoms. The third-order valence-corrected chi connectivity index (χ3v) is 5.88. The van der Waals surface area contributed by atoms with Gasteiger partial charge < -0.3 is 10.1 Å². The summed E-state index contributed by atoms with van der Waals surface area (Å²) in [5.41, 5.74) is 0.0817. The normalized spacial score (nSPS) is 11.8. The van der Waals surface area contributed by atoms with Crippen molar-refractivity contribution in [2.24, 2.45) is 5.92 Å². The number of rotatable bonds is 9. The topological polar surface area (TPSA) is 92.8 Å². The van der Waals surface area contributed by atoms with Crippen LogP contribution in [0.3, 0.4) is 0 Å². The molecule has 1 amide bonds. The van der Waals surface area contributed by atoms with Gasteiger partial charge in [-0.3, -0.25) is 4.79 Å². The lowest BCUT2D eigenvalue weighted by atomic mass is 10.1. The lowest BCUT2D eigenvalue weighted by Gasteiger charge is -2.21. The van der Waals surface area contributed by atoms with Gasteiger partial charge in [-0.2, -0.15) is 4.31 Å². The molecule has 0 saturated carbocycles. The summed E-state index contributed by atoms with van der Waals surface area (Å²) < 4.78 is 31.2. The Bertz CT molecular complexity index is 729. The van der Waals surface area contributed by atoms with Gasteiger partial charge in [0.05, 0.1) is 10.5 Å². The van der Waals surface area contributed by atoms with E-state index in [0.29, 0.717) is 12.5 Å². The summed E-state index contributed by atoms with van der Waals surface area (Å²) in [4.78, 5) is 23.8. The Hall–Kier alpha value is -1.93. The van der Waals surface area contributed by atoms with Crippen molar-refractivity contribution in [3.63, 3.8) is 0 Å². The van der Waals surface area contributed by atoms with Gasteiger partial charge in [0, 0.05) is 19.6 Å². The van der Waals surface area contributed by atoms with Crippen LogP contribution < -0.4 is 5.32 Å². The van der Waals surface area contributed by atoms with Gasteiger partial charge in [-0.1, -0.05) is 19.9 Å². The van der Waals surface area contributed by atoms with Crippen molar-refractivity contribution < 1.29 is 22.7 Å². The highest BCUT2D eigenvalue weighted by Gasteiger charge is 2.24. The molecule has 0 heterocycles. The average Bonchev–Trinajstić information content (AvgIpc) is 2.58. The number of benzene rings is 1. The zero-order valence-electron chi connectivity index (χ0n) is 16.0. The Morgan fingerprint density at radius 2 is 1.85 bits per heavy atom. The third kappa shape index (κ3) is 6.42. The second-order valence-corrected chi connectivity index (χ2v) is 8.75. The lowest BCUT2D eigenvalue weighted by molar-refractivity contribution is -0.124. The summed E-state index contributed by atoms with van der Waals surface area (Å²) in [6.45, 7) is 7.72. The van der Waals surface area contributed by atoms with Gasteiger partial charge >= 0.3 is 5.97 Å². The largest absolute Gasteiger partial charge is 0.452 e. The van der Waals surface area contributed by atoms with Gasteiger partial charge in [-0.05, 0) is 44.4 Å². The average molecular weight is 384 g/mol. The van der Waals surface area contributed by atoms with Gasteiger partial charge in [0.15, 0.2) is 6.61 Å². The molecule has 0 aliphatic heterocycles. The number of nitrogens with one attached hydrogen (secondary N) is 1. The number of carbonyl (C=O) groups is 2. The van der Waals surface area contributed by atoms with Crippen molar-refractivity contribution in [2.75, 3.05) is 20.2 Å². The summed E-state index contributed by atoms with van der Waals surface area (Å²) in [5, 5.41) is 2.67. The summed E-state index contributed by atoms with van der Waals surface area (Å²) in [7, 11) is -2.22. The molecule has 0 aliphatic rings. The van der Waals surface area contributed by atoms with Crippen molar-refractivity contribution >= 4 is 21.9 Å². The molecule has 0 fully saturated rings. The zero-order chi connectivity index (χ0) is 19.9. The monoisotopic (exact) mass is 384 g/mol. The minimum absolute atomic E-state index is 0.00420. The predicted molar refractivity (Wildman–Crippen MR) is 99.3 cm³/mol. The fraction of sp³-hybridized carbons (Fsp3) is 0.556. The van der Waals surface area contributed by atoms with Crippen molar-refractivity contribution in [2.45, 2.75) is 45.1 Å². The second-order valence-electron chi connectivity index (χ2n) is 6.75. The van der Waals surface area contributed by atoms with Gasteiger partial charge in [0.25, 0.3) is 5.91 Å². The van der Waals surface area contributed by atoms with Gasteiger partial charge in [-0.15, -0.1) is 0 Å². The number of carbonyl (C=O) groups excluding carboxylic acids is 2. The summed E-state index contributed by atoms with van der Waals surface area (Å²) >= 11 is 0. The Labute approximate surface area is 155 Å². The first-order valence-electron chi connectivity index (χ1n) is 8.57. The number of hydrogen-bond donors (Lipinski definition) is 1. The Morgan fingerprint density at radius 1 is 1.19 bits per heavy atom. The molecule has 7 nitrogen and oxygen atoms in total. The van der Waals surface area contributed by atoms with Crippen molar-refractivity contribution in [1.29, 1.82) is 0 Å². The van der Waals surface area contributed by atoms with Crippen LogP contribution in [0.1, 0.15) is 44.5 Å². The highest BCUT2D eigenvalue weighted by molar-refractivity contribution is 7.89. The first kappa shape index (κ1) is 22.1. The molecule has 1 aromatic carbocycles. The molecule has 0 atom stereocenters. The maximum absolute atomic E-state index is 12.5. The third-order valence-electron chi connectivity index (χ3n) is 3.85. The molecule has 0 aromatic heterocycles. The number of nitrogens with zero attached hydrogens (tertiary/aromatic N) is 1. The second kappa shape index (κ2) is 9.68. The number of esters is 1. The summed E-state index contributed by atoms with van der Waals surface area (Å²) in [6.07, 6.45) is 0.836. The molecule has 146 valence electrons. The van der Waals surface area contributed by atoms with E-state index in [4.69, 9.17) is 4.74 Å². The van der Waals surface area contributed by atoms with Crippen LogP contribution in [0.5, 0.6) is 0 Å². The van der Waals surface area contributed by atoms with Crippen LogP contribution in [0.25, 0.3) is 0 Å². The first-order chi connectivity index (χ1) is 12.1. The zero-order valence-corrected chi connectivity index (χ0v) is 16.8. The van der Waals surface area contributed by atoms with E-state index >= 15 is 0 Å². The molecule has 0 unspecified atom stereocenters. The number of ether oxygens (including phenoxy) is 1. The molecule has 1 N–H and O–H groups in total. The lowest BCUT2D eigenvalue weighted by Crippen LogP contribution is -2.33. The molecule has 0 spiro atoms. The number of hydrogen-bond acceptors (Lipinski definition) is 5. The van der Waals surface area contributed by atoms with E-state index in [-0.39, 0.29) is 22.4 Å². The fourth-order valence-corrected chi connectivity index (χ4v) is 3.41. The number of sulfonamides is 1. The maximum Gasteiger partial charge on any atom is 0.338 e. The molecule has 0 aliphatic carbocycles. The Morgan fingerprint density at radius 3 is 2.42 bits per heavy atom. The van der Waals surface area contributed by atoms with Gasteiger partial charge in [0.2, 0.25) is 10.0 Å². The van der Waals surface area contributed by atoms with E-state index in [1.165, 1.54) is 35.6 Å². The molecular weight excluding hydrogens is 356 g/mol. The quantitative estimate of drug-likeness (QED) is 0.658. The van der Waals surface area contributed by atoms with Crippen molar-refractivity contribution in [3.8, 4) is 0 Å². The van der Waals surface area contributed by atoms with E-state index in [1.54, 1.807) is 13.8 Å². The van der Waals surface area contributed by atoms with Crippen LogP contribution in [0.2, 0.25) is 0 Å². The number of amides is 1.